The summed E-state index contributed by atoms with van der Waals surface area (Å²) in [6, 6.07) is -0.383. The van der Waals surface area contributed by atoms with Gasteiger partial charge in [-0.25, -0.2) is 0 Å². The Balaban J connectivity index is 2.24. The van der Waals surface area contributed by atoms with Gasteiger partial charge in [0, 0.05) is 36.2 Å². The van der Waals surface area contributed by atoms with Gasteiger partial charge in [-0.05, 0) is 51.0 Å². The van der Waals surface area contributed by atoms with Gasteiger partial charge in [0.2, 0.25) is 0 Å². The van der Waals surface area contributed by atoms with E-state index in [4.69, 9.17) is 15.2 Å². The maximum Gasteiger partial charge on any atom is 0.154 e. The standard InChI is InChI=1S/C24H42N2O5/c1-6-8-16-13-30-21(28)10-19(16)22(25)20-9-17(12-27)23(18(7-2)24(20)29)26-11-15(5)31-14(3)4/h9,12,14-16,19-22,24,26,28-29H,6-8,10-11,13,25H2,1-5H3/t15?,16?,19?,20?,21-,22?,24?/m1/s1. The van der Waals surface area contributed by atoms with Crippen molar-refractivity contribution in [2.24, 2.45) is 23.5 Å². The number of nitrogens with one attached hydrogen (secondary N) is 1. The SMILES string of the molecule is CCCC1CO[C@@H](O)CC1C(N)C1C=C(C=O)C(NCC(C)OC(C)C)=C(CC)C1O. The highest BCUT2D eigenvalue weighted by molar-refractivity contribution is 5.81. The van der Waals surface area contributed by atoms with Crippen LogP contribution in [0.3, 0.4) is 0 Å². The quantitative estimate of drug-likeness (QED) is 0.366. The molecule has 31 heavy (non-hydrogen) atoms. The molecule has 0 aromatic carbocycles. The summed E-state index contributed by atoms with van der Waals surface area (Å²) in [4.78, 5) is 12.0. The topological polar surface area (TPSA) is 114 Å². The van der Waals surface area contributed by atoms with Crippen molar-refractivity contribution < 1.29 is 24.5 Å². The second-order valence-corrected chi connectivity index (χ2v) is 9.21. The van der Waals surface area contributed by atoms with Crippen LogP contribution in [0.15, 0.2) is 22.9 Å². The lowest BCUT2D eigenvalue weighted by atomic mass is 9.71. The third-order valence-electron chi connectivity index (χ3n) is 6.46. The van der Waals surface area contributed by atoms with Crippen LogP contribution < -0.4 is 11.1 Å². The predicted molar refractivity (Wildman–Crippen MR) is 121 cm³/mol. The summed E-state index contributed by atoms with van der Waals surface area (Å²) in [5.41, 5.74) is 8.71. The number of ether oxygens (including phenoxy) is 2. The van der Waals surface area contributed by atoms with Gasteiger partial charge in [0.1, 0.15) is 0 Å². The van der Waals surface area contributed by atoms with Crippen LogP contribution in [0.5, 0.6) is 0 Å². The third kappa shape index (κ3) is 6.62. The summed E-state index contributed by atoms with van der Waals surface area (Å²) in [5, 5.41) is 24.6. The normalized spacial score (nSPS) is 31.4. The Hall–Kier alpha value is -1.25. The second kappa shape index (κ2) is 12.1. The van der Waals surface area contributed by atoms with Crippen LogP contribution >= 0.6 is 0 Å². The molecule has 7 atom stereocenters. The van der Waals surface area contributed by atoms with Gasteiger partial charge in [0.05, 0.1) is 24.9 Å². The van der Waals surface area contributed by atoms with E-state index in [1.54, 1.807) is 0 Å². The van der Waals surface area contributed by atoms with Gasteiger partial charge in [-0.3, -0.25) is 4.79 Å². The first-order chi connectivity index (χ1) is 14.7. The molecule has 0 amide bonds. The third-order valence-corrected chi connectivity index (χ3v) is 6.46. The molecular formula is C24H42N2O5. The molecule has 1 saturated heterocycles. The lowest BCUT2D eigenvalue weighted by Crippen LogP contribution is -2.51. The van der Waals surface area contributed by atoms with Gasteiger partial charge in [0.15, 0.2) is 12.6 Å². The summed E-state index contributed by atoms with van der Waals surface area (Å²) in [7, 11) is 0. The zero-order valence-corrected chi connectivity index (χ0v) is 19.7. The van der Waals surface area contributed by atoms with Crippen LogP contribution in [0.1, 0.15) is 60.3 Å². The molecule has 0 aromatic rings. The van der Waals surface area contributed by atoms with Crippen LogP contribution in [-0.2, 0) is 14.3 Å². The van der Waals surface area contributed by atoms with E-state index in [0.717, 1.165) is 24.7 Å². The molecule has 1 heterocycles. The van der Waals surface area contributed by atoms with E-state index >= 15 is 0 Å². The molecule has 1 aliphatic heterocycles. The zero-order chi connectivity index (χ0) is 23.1. The largest absolute Gasteiger partial charge is 0.388 e. The summed E-state index contributed by atoms with van der Waals surface area (Å²) >= 11 is 0. The molecule has 0 bridgehead atoms. The van der Waals surface area contributed by atoms with Gasteiger partial charge in [-0.1, -0.05) is 26.3 Å². The molecule has 178 valence electrons. The number of aldehydes is 1. The Labute approximate surface area is 187 Å². The van der Waals surface area contributed by atoms with E-state index in [1.807, 2.05) is 33.8 Å². The molecule has 0 radical (unpaired) electrons. The highest BCUT2D eigenvalue weighted by Crippen LogP contribution is 2.38. The van der Waals surface area contributed by atoms with Gasteiger partial charge < -0.3 is 30.7 Å². The molecule has 2 aliphatic rings. The number of allylic oxidation sites excluding steroid dienone is 1. The number of carbonyl (C=O) groups excluding carboxylic acids is 1. The van der Waals surface area contributed by atoms with E-state index < -0.39 is 12.4 Å². The van der Waals surface area contributed by atoms with E-state index in [1.165, 1.54) is 0 Å². The molecule has 0 aromatic heterocycles. The van der Waals surface area contributed by atoms with Crippen LogP contribution in [0.25, 0.3) is 0 Å². The van der Waals surface area contributed by atoms with Crippen molar-refractivity contribution in [3.05, 3.63) is 22.9 Å². The molecule has 0 spiro atoms. The molecule has 0 saturated carbocycles. The fourth-order valence-electron chi connectivity index (χ4n) is 5.00. The van der Waals surface area contributed by atoms with Crippen molar-refractivity contribution in [1.82, 2.24) is 5.32 Å². The van der Waals surface area contributed by atoms with Crippen molar-refractivity contribution in [3.63, 3.8) is 0 Å². The first-order valence-electron chi connectivity index (χ1n) is 11.8. The molecule has 5 N–H and O–H groups in total. The fraction of sp³-hybridized carbons (Fsp3) is 0.792. The van der Waals surface area contributed by atoms with Crippen molar-refractivity contribution in [2.45, 2.75) is 90.9 Å². The lowest BCUT2D eigenvalue weighted by Gasteiger charge is -2.42. The van der Waals surface area contributed by atoms with Crippen LogP contribution in [0.2, 0.25) is 0 Å². The number of hydrogen-bond donors (Lipinski definition) is 4. The highest BCUT2D eigenvalue weighted by atomic mass is 16.6. The highest BCUT2D eigenvalue weighted by Gasteiger charge is 2.41. The predicted octanol–water partition coefficient (Wildman–Crippen LogP) is 2.27. The molecular weight excluding hydrogens is 396 g/mol. The van der Waals surface area contributed by atoms with Gasteiger partial charge >= 0.3 is 0 Å². The number of aliphatic hydroxyl groups excluding tert-OH is 2. The Morgan fingerprint density at radius 3 is 2.61 bits per heavy atom. The van der Waals surface area contributed by atoms with E-state index in [0.29, 0.717) is 37.3 Å². The first-order valence-corrected chi connectivity index (χ1v) is 11.8. The van der Waals surface area contributed by atoms with Crippen LogP contribution in [0, 0.1) is 17.8 Å². The molecule has 2 rings (SSSR count). The fourth-order valence-corrected chi connectivity index (χ4v) is 5.00. The minimum absolute atomic E-state index is 0.0135. The summed E-state index contributed by atoms with van der Waals surface area (Å²) in [6.07, 6.45) is 4.11. The minimum Gasteiger partial charge on any atom is -0.388 e. The smallest absolute Gasteiger partial charge is 0.154 e. The zero-order valence-electron chi connectivity index (χ0n) is 19.7. The number of rotatable bonds is 11. The molecule has 7 heteroatoms. The Morgan fingerprint density at radius 2 is 2.03 bits per heavy atom. The van der Waals surface area contributed by atoms with Gasteiger partial charge in [-0.15, -0.1) is 0 Å². The van der Waals surface area contributed by atoms with Crippen molar-refractivity contribution in [1.29, 1.82) is 0 Å². The number of nitrogens with two attached hydrogens (primary N) is 1. The number of carbonyl (C=O) groups is 1. The van der Waals surface area contributed by atoms with Gasteiger partial charge in [-0.2, -0.15) is 0 Å². The summed E-state index contributed by atoms with van der Waals surface area (Å²) in [5.74, 6) is -0.148. The Morgan fingerprint density at radius 1 is 1.32 bits per heavy atom. The number of hydrogen-bond acceptors (Lipinski definition) is 7. The van der Waals surface area contributed by atoms with E-state index in [9.17, 15) is 15.0 Å². The molecule has 6 unspecified atom stereocenters. The first kappa shape index (κ1) is 26.0. The Kier molecular flexibility index (Phi) is 10.2. The van der Waals surface area contributed by atoms with E-state index in [-0.39, 0.29) is 36.0 Å². The van der Waals surface area contributed by atoms with Crippen LogP contribution in [0.4, 0.5) is 0 Å². The second-order valence-electron chi connectivity index (χ2n) is 9.21. The molecule has 1 fully saturated rings. The number of aliphatic hydroxyl groups is 2. The minimum atomic E-state index is -0.833. The summed E-state index contributed by atoms with van der Waals surface area (Å²) < 4.78 is 11.2. The maximum atomic E-state index is 12.0. The van der Waals surface area contributed by atoms with E-state index in [2.05, 4.69) is 12.2 Å². The lowest BCUT2D eigenvalue weighted by molar-refractivity contribution is -0.165. The molecule has 1 aliphatic carbocycles. The average Bonchev–Trinajstić information content (AvgIpc) is 2.72. The monoisotopic (exact) mass is 438 g/mol. The van der Waals surface area contributed by atoms with Gasteiger partial charge in [0.25, 0.3) is 0 Å². The Bertz CT molecular complexity index is 648. The summed E-state index contributed by atoms with van der Waals surface area (Å²) in [6.45, 7) is 11.1. The molecule has 7 nitrogen and oxygen atoms in total. The average molecular weight is 439 g/mol. The van der Waals surface area contributed by atoms with Crippen molar-refractivity contribution >= 4 is 6.29 Å². The maximum absolute atomic E-state index is 12.0. The van der Waals surface area contributed by atoms with Crippen molar-refractivity contribution in [2.75, 3.05) is 13.2 Å². The van der Waals surface area contributed by atoms with Crippen molar-refractivity contribution in [3.8, 4) is 0 Å². The van der Waals surface area contributed by atoms with Crippen LogP contribution in [-0.4, -0.2) is 60.3 Å².